The molecule has 0 bridgehead atoms. The van der Waals surface area contributed by atoms with Crippen molar-refractivity contribution in [2.45, 2.75) is 64.7 Å². The molecule has 1 aliphatic rings. The fourth-order valence-corrected chi connectivity index (χ4v) is 2.22. The van der Waals surface area contributed by atoms with E-state index in [9.17, 15) is 4.79 Å². The summed E-state index contributed by atoms with van der Waals surface area (Å²) in [6.07, 6.45) is 3.32. The summed E-state index contributed by atoms with van der Waals surface area (Å²) in [7, 11) is 0. The summed E-state index contributed by atoms with van der Waals surface area (Å²) >= 11 is 0. The molecule has 0 radical (unpaired) electrons. The molecule has 1 heterocycles. The summed E-state index contributed by atoms with van der Waals surface area (Å²) in [5.41, 5.74) is 0. The summed E-state index contributed by atoms with van der Waals surface area (Å²) in [5, 5.41) is 12.2. The first-order valence-corrected chi connectivity index (χ1v) is 6.64. The van der Waals surface area contributed by atoms with E-state index in [1.807, 2.05) is 0 Å². The summed E-state index contributed by atoms with van der Waals surface area (Å²) in [6.45, 7) is 7.40. The highest BCUT2D eigenvalue weighted by Gasteiger charge is 2.30. The SMILES string of the molecule is CCC(C)CC(C)NCC1CCC(C(=O)O)O1. The summed E-state index contributed by atoms with van der Waals surface area (Å²) < 4.78 is 5.44. The lowest BCUT2D eigenvalue weighted by molar-refractivity contribution is -0.149. The normalized spacial score (nSPS) is 27.9. The van der Waals surface area contributed by atoms with E-state index in [0.29, 0.717) is 12.5 Å². The summed E-state index contributed by atoms with van der Waals surface area (Å²) in [4.78, 5) is 10.7. The molecular weight excluding hydrogens is 218 g/mol. The maximum atomic E-state index is 10.7. The molecular formula is C13H25NO3. The topological polar surface area (TPSA) is 58.6 Å². The van der Waals surface area contributed by atoms with Crippen LogP contribution in [0.2, 0.25) is 0 Å². The molecule has 4 nitrogen and oxygen atoms in total. The molecule has 1 saturated heterocycles. The number of aliphatic carboxylic acids is 1. The monoisotopic (exact) mass is 243 g/mol. The van der Waals surface area contributed by atoms with Crippen molar-refractivity contribution >= 4 is 5.97 Å². The number of ether oxygens (including phenoxy) is 1. The van der Waals surface area contributed by atoms with E-state index < -0.39 is 12.1 Å². The van der Waals surface area contributed by atoms with Crippen molar-refractivity contribution in [2.24, 2.45) is 5.92 Å². The van der Waals surface area contributed by atoms with Crippen molar-refractivity contribution in [3.63, 3.8) is 0 Å². The van der Waals surface area contributed by atoms with Gasteiger partial charge < -0.3 is 15.2 Å². The standard InChI is InChI=1S/C13H25NO3/c1-4-9(2)7-10(3)14-8-11-5-6-12(17-11)13(15)16/h9-12,14H,4-8H2,1-3H3,(H,15,16). The molecule has 4 heteroatoms. The van der Waals surface area contributed by atoms with E-state index in [1.54, 1.807) is 0 Å². The van der Waals surface area contributed by atoms with Crippen LogP contribution in [0.4, 0.5) is 0 Å². The Bertz CT molecular complexity index is 245. The Morgan fingerprint density at radius 1 is 1.47 bits per heavy atom. The van der Waals surface area contributed by atoms with Gasteiger partial charge in [-0.15, -0.1) is 0 Å². The minimum atomic E-state index is -0.833. The minimum Gasteiger partial charge on any atom is -0.479 e. The highest BCUT2D eigenvalue weighted by atomic mass is 16.5. The average Bonchev–Trinajstić information content (AvgIpc) is 2.75. The number of rotatable bonds is 7. The Morgan fingerprint density at radius 2 is 2.18 bits per heavy atom. The van der Waals surface area contributed by atoms with Gasteiger partial charge in [0.15, 0.2) is 6.10 Å². The first kappa shape index (κ1) is 14.5. The third kappa shape index (κ3) is 5.04. The quantitative estimate of drug-likeness (QED) is 0.718. The van der Waals surface area contributed by atoms with Crippen LogP contribution in [-0.2, 0) is 9.53 Å². The van der Waals surface area contributed by atoms with Gasteiger partial charge in [-0.05, 0) is 32.1 Å². The van der Waals surface area contributed by atoms with E-state index in [-0.39, 0.29) is 6.10 Å². The summed E-state index contributed by atoms with van der Waals surface area (Å²) in [5.74, 6) is -0.103. The van der Waals surface area contributed by atoms with E-state index in [0.717, 1.165) is 25.3 Å². The molecule has 0 aliphatic carbocycles. The molecule has 0 aromatic carbocycles. The maximum Gasteiger partial charge on any atom is 0.332 e. The second-order valence-corrected chi connectivity index (χ2v) is 5.22. The molecule has 4 atom stereocenters. The van der Waals surface area contributed by atoms with Gasteiger partial charge in [0, 0.05) is 12.6 Å². The Labute approximate surface area is 104 Å². The largest absolute Gasteiger partial charge is 0.479 e. The Balaban J connectivity index is 2.17. The highest BCUT2D eigenvalue weighted by Crippen LogP contribution is 2.19. The van der Waals surface area contributed by atoms with Crippen LogP contribution in [-0.4, -0.2) is 35.9 Å². The molecule has 1 rings (SSSR count). The third-order valence-corrected chi connectivity index (χ3v) is 3.53. The molecule has 0 amide bonds. The molecule has 100 valence electrons. The molecule has 1 aliphatic heterocycles. The van der Waals surface area contributed by atoms with E-state index in [1.165, 1.54) is 6.42 Å². The number of hydrogen-bond acceptors (Lipinski definition) is 3. The van der Waals surface area contributed by atoms with Crippen molar-refractivity contribution < 1.29 is 14.6 Å². The van der Waals surface area contributed by atoms with Gasteiger partial charge in [-0.1, -0.05) is 20.3 Å². The highest BCUT2D eigenvalue weighted by molar-refractivity contribution is 5.72. The molecule has 0 aromatic rings. The average molecular weight is 243 g/mol. The molecule has 4 unspecified atom stereocenters. The first-order chi connectivity index (χ1) is 8.02. The van der Waals surface area contributed by atoms with Crippen LogP contribution in [0.3, 0.4) is 0 Å². The van der Waals surface area contributed by atoms with Crippen LogP contribution < -0.4 is 5.32 Å². The van der Waals surface area contributed by atoms with E-state index in [2.05, 4.69) is 26.1 Å². The molecule has 17 heavy (non-hydrogen) atoms. The molecule has 0 saturated carbocycles. The fourth-order valence-electron chi connectivity index (χ4n) is 2.22. The van der Waals surface area contributed by atoms with Crippen molar-refractivity contribution in [1.82, 2.24) is 5.32 Å². The number of carbonyl (C=O) groups is 1. The zero-order valence-corrected chi connectivity index (χ0v) is 11.1. The third-order valence-electron chi connectivity index (χ3n) is 3.53. The van der Waals surface area contributed by atoms with Crippen LogP contribution in [0.5, 0.6) is 0 Å². The van der Waals surface area contributed by atoms with Crippen LogP contribution >= 0.6 is 0 Å². The predicted molar refractivity (Wildman–Crippen MR) is 67.1 cm³/mol. The van der Waals surface area contributed by atoms with Crippen molar-refractivity contribution in [3.8, 4) is 0 Å². The van der Waals surface area contributed by atoms with Crippen LogP contribution in [0.25, 0.3) is 0 Å². The number of hydrogen-bond donors (Lipinski definition) is 2. The smallest absolute Gasteiger partial charge is 0.332 e. The number of nitrogens with one attached hydrogen (secondary N) is 1. The molecule has 0 aromatic heterocycles. The molecule has 1 fully saturated rings. The zero-order chi connectivity index (χ0) is 12.8. The van der Waals surface area contributed by atoms with Crippen LogP contribution in [0.15, 0.2) is 0 Å². The van der Waals surface area contributed by atoms with Crippen LogP contribution in [0.1, 0.15) is 46.5 Å². The number of carboxylic acids is 1. The van der Waals surface area contributed by atoms with Gasteiger partial charge in [0.05, 0.1) is 6.10 Å². The van der Waals surface area contributed by atoms with Gasteiger partial charge in [-0.25, -0.2) is 4.79 Å². The Kier molecular flexibility index (Phi) is 5.92. The predicted octanol–water partition coefficient (Wildman–Crippen LogP) is 2.03. The van der Waals surface area contributed by atoms with Crippen molar-refractivity contribution in [2.75, 3.05) is 6.54 Å². The lowest BCUT2D eigenvalue weighted by Gasteiger charge is -2.20. The second-order valence-electron chi connectivity index (χ2n) is 5.22. The van der Waals surface area contributed by atoms with Crippen molar-refractivity contribution in [1.29, 1.82) is 0 Å². The van der Waals surface area contributed by atoms with Gasteiger partial charge in [-0.3, -0.25) is 0 Å². The first-order valence-electron chi connectivity index (χ1n) is 6.64. The molecule has 0 spiro atoms. The lowest BCUT2D eigenvalue weighted by Crippen LogP contribution is -2.35. The Hall–Kier alpha value is -0.610. The van der Waals surface area contributed by atoms with Gasteiger partial charge in [0.2, 0.25) is 0 Å². The number of carboxylic acid groups (broad SMARTS) is 1. The van der Waals surface area contributed by atoms with Crippen LogP contribution in [0, 0.1) is 5.92 Å². The lowest BCUT2D eigenvalue weighted by atomic mass is 10.0. The van der Waals surface area contributed by atoms with Gasteiger partial charge in [0.25, 0.3) is 0 Å². The van der Waals surface area contributed by atoms with E-state index >= 15 is 0 Å². The second kappa shape index (κ2) is 6.97. The fraction of sp³-hybridized carbons (Fsp3) is 0.923. The van der Waals surface area contributed by atoms with Gasteiger partial charge in [0.1, 0.15) is 0 Å². The van der Waals surface area contributed by atoms with Gasteiger partial charge in [-0.2, -0.15) is 0 Å². The maximum absolute atomic E-state index is 10.7. The minimum absolute atomic E-state index is 0.0653. The Morgan fingerprint density at radius 3 is 2.71 bits per heavy atom. The zero-order valence-electron chi connectivity index (χ0n) is 11.1. The van der Waals surface area contributed by atoms with Crippen molar-refractivity contribution in [3.05, 3.63) is 0 Å². The van der Waals surface area contributed by atoms with Gasteiger partial charge >= 0.3 is 5.97 Å². The molecule has 2 N–H and O–H groups in total. The van der Waals surface area contributed by atoms with E-state index in [4.69, 9.17) is 9.84 Å². The summed E-state index contributed by atoms with van der Waals surface area (Å²) in [6, 6.07) is 0.470.